The Balaban J connectivity index is 1.82. The lowest BCUT2D eigenvalue weighted by Crippen LogP contribution is -2.16. The molecule has 0 spiro atoms. The first kappa shape index (κ1) is 13.4. The van der Waals surface area contributed by atoms with E-state index in [2.05, 4.69) is 0 Å². The zero-order chi connectivity index (χ0) is 14.8. The lowest BCUT2D eigenvalue weighted by atomic mass is 10.1. The predicted molar refractivity (Wildman–Crippen MR) is 79.3 cm³/mol. The number of ether oxygens (including phenoxy) is 3. The summed E-state index contributed by atoms with van der Waals surface area (Å²) >= 11 is 0. The maximum atomic E-state index is 10.1. The fourth-order valence-electron chi connectivity index (χ4n) is 2.29. The molecule has 21 heavy (non-hydrogen) atoms. The van der Waals surface area contributed by atoms with E-state index in [1.54, 1.807) is 13.2 Å². The van der Waals surface area contributed by atoms with Crippen LogP contribution in [0.2, 0.25) is 0 Å². The third kappa shape index (κ3) is 2.67. The molecule has 1 heterocycles. The number of phenolic OH excluding ortho intramolecular Hbond substituents is 1. The van der Waals surface area contributed by atoms with Gasteiger partial charge in [0.2, 0.25) is 6.79 Å². The first-order chi connectivity index (χ1) is 10.2. The molecule has 2 aromatic carbocycles. The van der Waals surface area contributed by atoms with Crippen LogP contribution in [0, 0.1) is 0 Å². The van der Waals surface area contributed by atoms with Crippen LogP contribution in [0.5, 0.6) is 23.0 Å². The van der Waals surface area contributed by atoms with Crippen molar-refractivity contribution in [1.29, 1.82) is 0 Å². The molecule has 5 nitrogen and oxygen atoms in total. The molecule has 1 aliphatic rings. The number of hydrogen-bond donors (Lipinski definition) is 1. The van der Waals surface area contributed by atoms with E-state index >= 15 is 0 Å². The van der Waals surface area contributed by atoms with Crippen LogP contribution in [-0.2, 0) is 6.54 Å². The lowest BCUT2D eigenvalue weighted by molar-refractivity contribution is 0.174. The van der Waals surface area contributed by atoms with E-state index < -0.39 is 0 Å². The molecule has 0 radical (unpaired) electrons. The van der Waals surface area contributed by atoms with Crippen LogP contribution in [0.1, 0.15) is 5.56 Å². The van der Waals surface area contributed by atoms with Crippen LogP contribution in [-0.4, -0.2) is 26.1 Å². The van der Waals surface area contributed by atoms with Crippen molar-refractivity contribution in [2.45, 2.75) is 6.54 Å². The minimum Gasteiger partial charge on any atom is -0.507 e. The number of fused-ring (bicyclic) bond motifs is 1. The highest BCUT2D eigenvalue weighted by Gasteiger charge is 2.17. The lowest BCUT2D eigenvalue weighted by Gasteiger charge is -2.20. The molecule has 110 valence electrons. The SMILES string of the molecule is COc1cccc(N(C)Cc2cc3c(cc2O)OCO3)c1. The third-order valence-electron chi connectivity index (χ3n) is 3.48. The molecule has 0 aliphatic carbocycles. The summed E-state index contributed by atoms with van der Waals surface area (Å²) in [5.74, 6) is 2.25. The molecule has 0 bridgehead atoms. The maximum absolute atomic E-state index is 10.1. The van der Waals surface area contributed by atoms with Crippen LogP contribution < -0.4 is 19.1 Å². The molecule has 0 fully saturated rings. The Labute approximate surface area is 123 Å². The van der Waals surface area contributed by atoms with E-state index in [-0.39, 0.29) is 12.5 Å². The third-order valence-corrected chi connectivity index (χ3v) is 3.48. The van der Waals surface area contributed by atoms with Crippen LogP contribution >= 0.6 is 0 Å². The Morgan fingerprint density at radius 2 is 1.95 bits per heavy atom. The molecule has 2 aromatic rings. The fourth-order valence-corrected chi connectivity index (χ4v) is 2.29. The molecule has 0 unspecified atom stereocenters. The molecule has 0 aromatic heterocycles. The normalized spacial score (nSPS) is 12.3. The molecule has 0 atom stereocenters. The Morgan fingerprint density at radius 3 is 2.71 bits per heavy atom. The fraction of sp³-hybridized carbons (Fsp3) is 0.250. The second kappa shape index (κ2) is 5.44. The number of rotatable bonds is 4. The first-order valence-electron chi connectivity index (χ1n) is 6.64. The summed E-state index contributed by atoms with van der Waals surface area (Å²) in [6, 6.07) is 11.2. The Kier molecular flexibility index (Phi) is 3.48. The number of nitrogens with zero attached hydrogens (tertiary/aromatic N) is 1. The topological polar surface area (TPSA) is 51.2 Å². The van der Waals surface area contributed by atoms with Crippen molar-refractivity contribution >= 4 is 5.69 Å². The van der Waals surface area contributed by atoms with Gasteiger partial charge in [0.25, 0.3) is 0 Å². The molecular weight excluding hydrogens is 270 g/mol. The Hall–Kier alpha value is -2.56. The second-order valence-corrected chi connectivity index (χ2v) is 4.89. The Bertz CT molecular complexity index is 657. The number of anilines is 1. The van der Waals surface area contributed by atoms with Gasteiger partial charge in [-0.3, -0.25) is 0 Å². The monoisotopic (exact) mass is 287 g/mol. The van der Waals surface area contributed by atoms with Gasteiger partial charge in [-0.15, -0.1) is 0 Å². The van der Waals surface area contributed by atoms with Gasteiger partial charge in [0, 0.05) is 37.0 Å². The summed E-state index contributed by atoms with van der Waals surface area (Å²) in [6.45, 7) is 0.750. The first-order valence-corrected chi connectivity index (χ1v) is 6.64. The van der Waals surface area contributed by atoms with E-state index in [4.69, 9.17) is 14.2 Å². The summed E-state index contributed by atoms with van der Waals surface area (Å²) < 4.78 is 15.8. The standard InChI is InChI=1S/C16H17NO4/c1-17(12-4-3-5-13(7-12)19-2)9-11-6-15-16(8-14(11)18)21-10-20-15/h3-8,18H,9-10H2,1-2H3. The molecule has 0 saturated carbocycles. The van der Waals surface area contributed by atoms with E-state index in [0.717, 1.165) is 17.0 Å². The quantitative estimate of drug-likeness (QED) is 0.937. The maximum Gasteiger partial charge on any atom is 0.231 e. The molecule has 5 heteroatoms. The van der Waals surface area contributed by atoms with E-state index in [1.165, 1.54) is 0 Å². The van der Waals surface area contributed by atoms with Crippen molar-refractivity contribution in [3.8, 4) is 23.0 Å². The smallest absolute Gasteiger partial charge is 0.231 e. The summed E-state index contributed by atoms with van der Waals surface area (Å²) in [4.78, 5) is 2.03. The highest BCUT2D eigenvalue weighted by Crippen LogP contribution is 2.38. The average Bonchev–Trinajstić information content (AvgIpc) is 2.94. The summed E-state index contributed by atoms with van der Waals surface area (Å²) in [5, 5.41) is 10.1. The van der Waals surface area contributed by atoms with Gasteiger partial charge >= 0.3 is 0 Å². The van der Waals surface area contributed by atoms with Crippen LogP contribution in [0.25, 0.3) is 0 Å². The molecule has 0 amide bonds. The van der Waals surface area contributed by atoms with Crippen molar-refractivity contribution in [3.63, 3.8) is 0 Å². The predicted octanol–water partition coefficient (Wildman–Crippen LogP) is 2.77. The van der Waals surface area contributed by atoms with Crippen molar-refractivity contribution in [2.75, 3.05) is 25.9 Å². The minimum atomic E-state index is 0.198. The number of phenols is 1. The van der Waals surface area contributed by atoms with Gasteiger partial charge in [0.15, 0.2) is 11.5 Å². The summed E-state index contributed by atoms with van der Waals surface area (Å²) in [7, 11) is 3.60. The number of aromatic hydroxyl groups is 1. The van der Waals surface area contributed by atoms with Crippen molar-refractivity contribution < 1.29 is 19.3 Å². The number of benzene rings is 2. The summed E-state index contributed by atoms with van der Waals surface area (Å²) in [6.07, 6.45) is 0. The minimum absolute atomic E-state index is 0.198. The molecule has 3 rings (SSSR count). The highest BCUT2D eigenvalue weighted by molar-refractivity contribution is 5.55. The molecule has 0 saturated heterocycles. The Morgan fingerprint density at radius 1 is 1.19 bits per heavy atom. The highest BCUT2D eigenvalue weighted by atomic mass is 16.7. The zero-order valence-electron chi connectivity index (χ0n) is 12.0. The molecule has 1 aliphatic heterocycles. The second-order valence-electron chi connectivity index (χ2n) is 4.89. The largest absolute Gasteiger partial charge is 0.507 e. The van der Waals surface area contributed by atoms with E-state index in [0.29, 0.717) is 18.0 Å². The summed E-state index contributed by atoms with van der Waals surface area (Å²) in [5.41, 5.74) is 1.79. The molecule has 1 N–H and O–H groups in total. The van der Waals surface area contributed by atoms with Gasteiger partial charge in [-0.25, -0.2) is 0 Å². The number of hydrogen-bond acceptors (Lipinski definition) is 5. The van der Waals surface area contributed by atoms with E-state index in [1.807, 2.05) is 42.3 Å². The van der Waals surface area contributed by atoms with Gasteiger partial charge in [-0.05, 0) is 18.2 Å². The molecular formula is C16H17NO4. The van der Waals surface area contributed by atoms with Crippen molar-refractivity contribution in [3.05, 3.63) is 42.0 Å². The van der Waals surface area contributed by atoms with Gasteiger partial charge < -0.3 is 24.2 Å². The van der Waals surface area contributed by atoms with Gasteiger partial charge in [0.1, 0.15) is 11.5 Å². The van der Waals surface area contributed by atoms with E-state index in [9.17, 15) is 5.11 Å². The van der Waals surface area contributed by atoms with Gasteiger partial charge in [0.05, 0.1) is 7.11 Å². The van der Waals surface area contributed by atoms with Crippen LogP contribution in [0.15, 0.2) is 36.4 Å². The van der Waals surface area contributed by atoms with Gasteiger partial charge in [-0.2, -0.15) is 0 Å². The zero-order valence-corrected chi connectivity index (χ0v) is 12.0. The van der Waals surface area contributed by atoms with Crippen molar-refractivity contribution in [2.24, 2.45) is 0 Å². The van der Waals surface area contributed by atoms with Crippen molar-refractivity contribution in [1.82, 2.24) is 0 Å². The number of methoxy groups -OCH3 is 1. The van der Waals surface area contributed by atoms with Crippen LogP contribution in [0.3, 0.4) is 0 Å². The van der Waals surface area contributed by atoms with Gasteiger partial charge in [-0.1, -0.05) is 6.07 Å². The average molecular weight is 287 g/mol. The van der Waals surface area contributed by atoms with Crippen LogP contribution in [0.4, 0.5) is 5.69 Å².